The van der Waals surface area contributed by atoms with Gasteiger partial charge in [-0.3, -0.25) is 9.59 Å². The molecule has 0 aliphatic heterocycles. The van der Waals surface area contributed by atoms with Crippen molar-refractivity contribution in [1.29, 1.82) is 0 Å². The summed E-state index contributed by atoms with van der Waals surface area (Å²) in [7, 11) is 1.30. The van der Waals surface area contributed by atoms with E-state index in [0.717, 1.165) is 6.42 Å². The van der Waals surface area contributed by atoms with E-state index in [0.29, 0.717) is 12.5 Å². The van der Waals surface area contributed by atoms with Crippen LogP contribution in [0.25, 0.3) is 0 Å². The van der Waals surface area contributed by atoms with Crippen LogP contribution in [0.15, 0.2) is 0 Å². The van der Waals surface area contributed by atoms with Crippen molar-refractivity contribution in [2.24, 2.45) is 17.8 Å². The summed E-state index contributed by atoms with van der Waals surface area (Å²) in [5.74, 6) is -0.904. The van der Waals surface area contributed by atoms with E-state index >= 15 is 0 Å². The van der Waals surface area contributed by atoms with Gasteiger partial charge in [0.05, 0.1) is 7.11 Å². The first kappa shape index (κ1) is 14.9. The molecule has 0 saturated heterocycles. The molecule has 1 amide bonds. The van der Waals surface area contributed by atoms with Crippen LogP contribution in [0.3, 0.4) is 0 Å². The minimum absolute atomic E-state index is 0.0495. The number of carbonyl (C=O) groups excluding carboxylic acids is 2. The summed E-state index contributed by atoms with van der Waals surface area (Å²) in [6.45, 7) is 8.46. The normalized spacial score (nSPS) is 12.7. The maximum atomic E-state index is 11.8. The molecule has 0 heterocycles. The predicted molar refractivity (Wildman–Crippen MR) is 62.8 cm³/mol. The molecule has 1 atom stereocenters. The van der Waals surface area contributed by atoms with Gasteiger partial charge in [-0.1, -0.05) is 27.7 Å². The average Bonchev–Trinajstić information content (AvgIpc) is 2.16. The lowest BCUT2D eigenvalue weighted by Gasteiger charge is -2.18. The summed E-state index contributed by atoms with van der Waals surface area (Å²) in [5, 5.41) is 2.77. The lowest BCUT2D eigenvalue weighted by Crippen LogP contribution is -2.39. The molecule has 0 aromatic heterocycles. The van der Waals surface area contributed by atoms with Crippen molar-refractivity contribution in [2.45, 2.75) is 34.1 Å². The fourth-order valence-corrected chi connectivity index (χ4v) is 1.40. The molecule has 4 heteroatoms. The van der Waals surface area contributed by atoms with Gasteiger partial charge in [-0.2, -0.15) is 0 Å². The summed E-state index contributed by atoms with van der Waals surface area (Å²) < 4.78 is 4.62. The highest BCUT2D eigenvalue weighted by atomic mass is 16.5. The minimum atomic E-state index is -0.697. The number of hydrogen-bond donors (Lipinski definition) is 1. The maximum absolute atomic E-state index is 11.8. The summed E-state index contributed by atoms with van der Waals surface area (Å²) >= 11 is 0. The number of esters is 1. The van der Waals surface area contributed by atoms with Gasteiger partial charge in [0, 0.05) is 6.54 Å². The van der Waals surface area contributed by atoms with Crippen molar-refractivity contribution in [3.8, 4) is 0 Å². The van der Waals surface area contributed by atoms with Gasteiger partial charge >= 0.3 is 5.97 Å². The monoisotopic (exact) mass is 229 g/mol. The Balaban J connectivity index is 4.24. The van der Waals surface area contributed by atoms with Crippen molar-refractivity contribution in [1.82, 2.24) is 5.32 Å². The van der Waals surface area contributed by atoms with E-state index in [4.69, 9.17) is 0 Å². The van der Waals surface area contributed by atoms with Gasteiger partial charge < -0.3 is 10.1 Å². The van der Waals surface area contributed by atoms with Gasteiger partial charge in [0.1, 0.15) is 5.92 Å². The summed E-state index contributed by atoms with van der Waals surface area (Å²) in [4.78, 5) is 23.2. The van der Waals surface area contributed by atoms with E-state index in [9.17, 15) is 9.59 Å². The fraction of sp³-hybridized carbons (Fsp3) is 0.833. The molecule has 0 radical (unpaired) electrons. The van der Waals surface area contributed by atoms with Crippen LogP contribution in [0.4, 0.5) is 0 Å². The van der Waals surface area contributed by atoms with Crippen LogP contribution in [-0.2, 0) is 14.3 Å². The standard InChI is InChI=1S/C12H23NO3/c1-8(2)6-7-13-11(14)10(9(3)4)12(15)16-5/h8-10H,6-7H2,1-5H3,(H,13,14). The smallest absolute Gasteiger partial charge is 0.318 e. The van der Waals surface area contributed by atoms with Gasteiger partial charge in [-0.25, -0.2) is 0 Å². The van der Waals surface area contributed by atoms with Crippen LogP contribution < -0.4 is 5.32 Å². The summed E-state index contributed by atoms with van der Waals surface area (Å²) in [6.07, 6.45) is 0.914. The molecule has 4 nitrogen and oxygen atoms in total. The van der Waals surface area contributed by atoms with Crippen LogP contribution in [-0.4, -0.2) is 25.5 Å². The third kappa shape index (κ3) is 5.14. The largest absolute Gasteiger partial charge is 0.468 e. The van der Waals surface area contributed by atoms with E-state index in [1.54, 1.807) is 0 Å². The molecule has 94 valence electrons. The second-order valence-electron chi connectivity index (χ2n) is 4.72. The zero-order chi connectivity index (χ0) is 12.7. The Labute approximate surface area is 97.7 Å². The fourth-order valence-electron chi connectivity index (χ4n) is 1.40. The van der Waals surface area contributed by atoms with E-state index in [1.807, 2.05) is 13.8 Å². The Kier molecular flexibility index (Phi) is 6.77. The Morgan fingerprint density at radius 2 is 1.75 bits per heavy atom. The molecule has 16 heavy (non-hydrogen) atoms. The Hall–Kier alpha value is -1.06. The maximum Gasteiger partial charge on any atom is 0.318 e. The Bertz CT molecular complexity index is 236. The third-order valence-electron chi connectivity index (χ3n) is 2.43. The molecular weight excluding hydrogens is 206 g/mol. The number of rotatable bonds is 6. The van der Waals surface area contributed by atoms with Crippen molar-refractivity contribution >= 4 is 11.9 Å². The lowest BCUT2D eigenvalue weighted by molar-refractivity contribution is -0.151. The molecule has 1 N–H and O–H groups in total. The quantitative estimate of drug-likeness (QED) is 0.556. The van der Waals surface area contributed by atoms with E-state index in [2.05, 4.69) is 23.9 Å². The molecule has 0 saturated carbocycles. The van der Waals surface area contributed by atoms with Gasteiger partial charge in [0.25, 0.3) is 0 Å². The SMILES string of the molecule is COC(=O)C(C(=O)NCCC(C)C)C(C)C. The summed E-state index contributed by atoms with van der Waals surface area (Å²) in [6, 6.07) is 0. The van der Waals surface area contributed by atoms with Crippen LogP contribution >= 0.6 is 0 Å². The molecule has 0 spiro atoms. The van der Waals surface area contributed by atoms with Gasteiger partial charge in [-0.15, -0.1) is 0 Å². The zero-order valence-electron chi connectivity index (χ0n) is 10.9. The van der Waals surface area contributed by atoms with Gasteiger partial charge in [-0.05, 0) is 18.3 Å². The number of ether oxygens (including phenoxy) is 1. The highest BCUT2D eigenvalue weighted by molar-refractivity contribution is 5.97. The molecule has 0 aromatic carbocycles. The zero-order valence-corrected chi connectivity index (χ0v) is 10.9. The Morgan fingerprint density at radius 1 is 1.19 bits per heavy atom. The average molecular weight is 229 g/mol. The first-order valence-corrected chi connectivity index (χ1v) is 5.75. The molecule has 0 aliphatic rings. The number of carbonyl (C=O) groups is 2. The number of amides is 1. The molecule has 1 unspecified atom stereocenters. The van der Waals surface area contributed by atoms with Gasteiger partial charge in [0.2, 0.25) is 5.91 Å². The third-order valence-corrected chi connectivity index (χ3v) is 2.43. The van der Waals surface area contributed by atoms with E-state index < -0.39 is 11.9 Å². The lowest BCUT2D eigenvalue weighted by atomic mass is 9.95. The van der Waals surface area contributed by atoms with Crippen LogP contribution in [0, 0.1) is 17.8 Å². The molecule has 0 rings (SSSR count). The first-order chi connectivity index (χ1) is 7.40. The Morgan fingerprint density at radius 3 is 2.12 bits per heavy atom. The number of hydrogen-bond acceptors (Lipinski definition) is 3. The number of methoxy groups -OCH3 is 1. The van der Waals surface area contributed by atoms with Crippen molar-refractivity contribution in [3.63, 3.8) is 0 Å². The minimum Gasteiger partial charge on any atom is -0.468 e. The topological polar surface area (TPSA) is 55.4 Å². The first-order valence-electron chi connectivity index (χ1n) is 5.75. The predicted octanol–water partition coefficient (Wildman–Crippen LogP) is 1.59. The van der Waals surface area contributed by atoms with E-state index in [1.165, 1.54) is 7.11 Å². The molecule has 0 fully saturated rings. The summed E-state index contributed by atoms with van der Waals surface area (Å²) in [5.41, 5.74) is 0. The van der Waals surface area contributed by atoms with Gasteiger partial charge in [0.15, 0.2) is 0 Å². The molecule has 0 aromatic rings. The van der Waals surface area contributed by atoms with Crippen molar-refractivity contribution in [3.05, 3.63) is 0 Å². The molecular formula is C12H23NO3. The van der Waals surface area contributed by atoms with Crippen molar-refractivity contribution < 1.29 is 14.3 Å². The number of nitrogens with one attached hydrogen (secondary N) is 1. The van der Waals surface area contributed by atoms with E-state index in [-0.39, 0.29) is 11.8 Å². The second-order valence-corrected chi connectivity index (χ2v) is 4.72. The van der Waals surface area contributed by atoms with Crippen molar-refractivity contribution in [2.75, 3.05) is 13.7 Å². The van der Waals surface area contributed by atoms with Crippen LogP contribution in [0.1, 0.15) is 34.1 Å². The highest BCUT2D eigenvalue weighted by Gasteiger charge is 2.30. The van der Waals surface area contributed by atoms with Crippen LogP contribution in [0.2, 0.25) is 0 Å². The van der Waals surface area contributed by atoms with Crippen LogP contribution in [0.5, 0.6) is 0 Å². The molecule has 0 bridgehead atoms. The molecule has 0 aliphatic carbocycles. The highest BCUT2D eigenvalue weighted by Crippen LogP contribution is 2.12. The second kappa shape index (κ2) is 7.25.